The maximum absolute atomic E-state index is 11.0. The molecule has 4 aliphatic rings. The van der Waals surface area contributed by atoms with Gasteiger partial charge in [0.1, 0.15) is 0 Å². The summed E-state index contributed by atoms with van der Waals surface area (Å²) in [6.07, 6.45) is 4.45. The van der Waals surface area contributed by atoms with E-state index in [0.29, 0.717) is 65.1 Å². The first-order valence-electron chi connectivity index (χ1n) is 18.9. The second-order valence-corrected chi connectivity index (χ2v) is 15.1. The molecule has 0 unspecified atom stereocenters. The number of carbonyl (C=O) groups excluding carboxylic acids is 2. The molecule has 0 saturated carbocycles. The molecule has 64 heavy (non-hydrogen) atoms. The van der Waals surface area contributed by atoms with Crippen LogP contribution in [-0.4, -0.2) is 84.1 Å². The number of para-hydroxylation sites is 1. The summed E-state index contributed by atoms with van der Waals surface area (Å²) < 4.78 is 20.1. The van der Waals surface area contributed by atoms with Crippen molar-refractivity contribution in [2.24, 2.45) is 0 Å². The van der Waals surface area contributed by atoms with Gasteiger partial charge in [-0.2, -0.15) is 0 Å². The van der Waals surface area contributed by atoms with E-state index in [1.165, 1.54) is 0 Å². The van der Waals surface area contributed by atoms with Crippen LogP contribution in [0.2, 0.25) is 25.3 Å². The molecule has 5 heterocycles. The van der Waals surface area contributed by atoms with Gasteiger partial charge in [0.25, 0.3) is 0 Å². The molecule has 312 valence electrons. The second-order valence-electron chi connectivity index (χ2n) is 15.1. The summed E-state index contributed by atoms with van der Waals surface area (Å²) in [5.41, 5.74) is 5.76. The quantitative estimate of drug-likeness (QED) is 0.0866. The summed E-state index contributed by atoms with van der Waals surface area (Å²) in [4.78, 5) is 25.9. The number of hydrogen-bond acceptors (Lipinski definition) is 17. The van der Waals surface area contributed by atoms with Gasteiger partial charge in [-0.25, -0.2) is 0 Å². The van der Waals surface area contributed by atoms with Crippen molar-refractivity contribution in [2.75, 3.05) is 0 Å². The van der Waals surface area contributed by atoms with Gasteiger partial charge in [-0.3, -0.25) is 4.98 Å². The summed E-state index contributed by atoms with van der Waals surface area (Å²) in [6.45, 7) is -4.26. The number of benzene rings is 3. The zero-order valence-electron chi connectivity index (χ0n) is 38.5. The van der Waals surface area contributed by atoms with E-state index in [-0.39, 0.29) is 225 Å². The molecule has 8 rings (SSSR count). The Morgan fingerprint density at radius 3 is 1.17 bits per heavy atom. The molecule has 0 saturated heterocycles. The number of fused-ring (bicyclic) bond motifs is 4. The Morgan fingerprint density at radius 2 is 0.797 bits per heavy atom. The molecule has 17 nitrogen and oxygen atoms in total. The topological polar surface area (TPSA) is 292 Å². The predicted octanol–water partition coefficient (Wildman–Crippen LogP) is -18.4. The number of rotatable bonds is 2. The van der Waals surface area contributed by atoms with Crippen LogP contribution < -0.4 is 206 Å². The minimum atomic E-state index is -2.95. The number of carboxylic acid groups (broad SMARTS) is 2. The third-order valence-corrected chi connectivity index (χ3v) is 10.1. The molecule has 0 fully saturated rings. The molecule has 1 aromatic heterocycles. The fraction of sp³-hybridized carbons (Fsp3) is 0.324. The van der Waals surface area contributed by atoms with E-state index in [0.717, 1.165) is 16.7 Å². The monoisotopic (exact) mass is 941 g/mol. The molecule has 4 aromatic rings. The number of aromatic carboxylic acids is 2. The van der Waals surface area contributed by atoms with Gasteiger partial charge in [0.15, 0.2) is 0 Å². The maximum Gasteiger partial charge on any atom is 1.00 e. The summed E-state index contributed by atoms with van der Waals surface area (Å²) in [6, 6.07) is 14.4. The molecular formula is C37H45B4NNa6O16. The predicted molar refractivity (Wildman–Crippen MR) is 208 cm³/mol. The molecule has 0 atom stereocenters. The van der Waals surface area contributed by atoms with Gasteiger partial charge in [0, 0.05) is 17.3 Å². The average molecular weight is 941 g/mol. The molecule has 4 aliphatic heterocycles. The minimum Gasteiger partial charge on any atom is -0.670 e. The van der Waals surface area contributed by atoms with Crippen LogP contribution in [-0.2, 0) is 25.7 Å². The van der Waals surface area contributed by atoms with E-state index < -0.39 is 39.0 Å². The van der Waals surface area contributed by atoms with Crippen LogP contribution in [0, 0.1) is 27.7 Å². The van der Waals surface area contributed by atoms with Crippen molar-refractivity contribution in [3.05, 3.63) is 110 Å². The number of carbonyl (C=O) groups is 2. The Labute approximate surface area is 504 Å². The zero-order valence-corrected chi connectivity index (χ0v) is 50.5. The van der Waals surface area contributed by atoms with Gasteiger partial charge in [-0.05, 0) is 98.4 Å². The van der Waals surface area contributed by atoms with E-state index in [1.54, 1.807) is 51.2 Å². The van der Waals surface area contributed by atoms with Gasteiger partial charge >= 0.3 is 204 Å². The van der Waals surface area contributed by atoms with E-state index in [4.69, 9.17) is 18.6 Å². The smallest absolute Gasteiger partial charge is 0.670 e. The van der Waals surface area contributed by atoms with Crippen molar-refractivity contribution < 1.29 is 256 Å². The van der Waals surface area contributed by atoms with Crippen molar-refractivity contribution in [1.82, 2.24) is 4.98 Å². The Balaban J connectivity index is 0. The summed E-state index contributed by atoms with van der Waals surface area (Å²) in [7, 11) is 0. The number of hydrogen-bond donors (Lipinski definition) is 8. The van der Waals surface area contributed by atoms with E-state index >= 15 is 0 Å². The molecule has 3 aromatic carbocycles. The molecule has 8 N–H and O–H groups in total. The standard InChI is InChI=1S/2C10H12BO5.C9H12BO3.C8H11BNO3.6Na/c2*1-6-2-3-7-4-5-11(14,15)16-9(7)8(6)10(12)13;1-7-3-2-4-8-5-6-10(11,12)13-9(7)8;1-6-8-7(3-5-10-6)2-4-9(11,12)13-8;;;;;;/h2*2-3,14-15H,4-5H2,1H3,(H,12,13);2-4,11-12H,5-6H2,1H3;3,5,11-12H,2,4H2,1H3;;;;;;/q4*-1;6*+1/p-2. The Morgan fingerprint density at radius 1 is 0.469 bits per heavy atom. The second kappa shape index (κ2) is 28.1. The Hall–Kier alpha value is 0.890. The van der Waals surface area contributed by atoms with Gasteiger partial charge in [-0.15, -0.1) is 0 Å². The van der Waals surface area contributed by atoms with Gasteiger partial charge in [0.05, 0.1) is 40.6 Å². The van der Waals surface area contributed by atoms with Crippen LogP contribution in [0.5, 0.6) is 23.0 Å². The molecule has 0 radical (unpaired) electrons. The number of carboxylic acids is 2. The molecular weight excluding hydrogens is 896 g/mol. The van der Waals surface area contributed by atoms with Crippen LogP contribution in [0.4, 0.5) is 0 Å². The molecule has 0 aliphatic carbocycles. The van der Waals surface area contributed by atoms with Crippen LogP contribution in [0.3, 0.4) is 0 Å². The Bertz CT molecular complexity index is 2070. The van der Waals surface area contributed by atoms with Crippen molar-refractivity contribution in [1.29, 1.82) is 0 Å². The molecule has 0 amide bonds. The van der Waals surface area contributed by atoms with Gasteiger partial charge in [-0.1, -0.05) is 67.7 Å². The first-order valence-corrected chi connectivity index (χ1v) is 18.9. The first-order chi connectivity index (χ1) is 27.0. The average Bonchev–Trinajstić information content (AvgIpc) is 3.11. The third-order valence-electron chi connectivity index (χ3n) is 10.1. The number of aromatic nitrogens is 1. The van der Waals surface area contributed by atoms with Crippen LogP contribution in [0.1, 0.15) is 65.4 Å². The fourth-order valence-corrected chi connectivity index (χ4v) is 7.03. The van der Waals surface area contributed by atoms with Crippen LogP contribution >= 0.6 is 0 Å². The van der Waals surface area contributed by atoms with E-state index in [1.807, 2.05) is 31.2 Å². The van der Waals surface area contributed by atoms with Crippen molar-refractivity contribution in [3.63, 3.8) is 0 Å². The van der Waals surface area contributed by atoms with E-state index in [2.05, 4.69) is 4.98 Å². The van der Waals surface area contributed by atoms with Crippen molar-refractivity contribution >= 4 is 39.0 Å². The summed E-state index contributed by atoms with van der Waals surface area (Å²) in [5.74, 6) is -1.53. The summed E-state index contributed by atoms with van der Waals surface area (Å²) >= 11 is 0. The molecule has 27 heteroatoms. The minimum absolute atomic E-state index is 0. The fourth-order valence-electron chi connectivity index (χ4n) is 7.03. The number of aryl methyl sites for hydroxylation is 8. The zero-order chi connectivity index (χ0) is 42.8. The first kappa shape index (κ1) is 67.0. The van der Waals surface area contributed by atoms with Gasteiger partial charge in [0.2, 0.25) is 0 Å². The van der Waals surface area contributed by atoms with Crippen molar-refractivity contribution in [3.8, 4) is 23.0 Å². The van der Waals surface area contributed by atoms with Crippen molar-refractivity contribution in [2.45, 2.75) is 78.7 Å². The molecule has 0 spiro atoms. The number of nitrogens with zero attached hydrogens (tertiary/aromatic N) is 1. The van der Waals surface area contributed by atoms with Gasteiger partial charge < -0.3 is 78.6 Å². The summed E-state index contributed by atoms with van der Waals surface area (Å²) in [5, 5.41) is 96.8. The number of pyridine rings is 1. The largest absolute Gasteiger partial charge is 1.00 e. The van der Waals surface area contributed by atoms with Crippen LogP contribution in [0.15, 0.2) is 54.7 Å². The molecule has 0 bridgehead atoms. The van der Waals surface area contributed by atoms with E-state index in [9.17, 15) is 60.0 Å². The maximum atomic E-state index is 11.0. The normalized spacial score (nSPS) is 16.4. The SMILES string of the molecule is Cc1ccc2c(c1C(=O)[O-])O[B-](O)(O)CC2.Cc1ccc2c(c1C(=O)[O-])O[B-](O)(O)CC2.Cc1cccc2c1O[B-](O)(O)CC2.Cc1nccc2c1O[B-](O)(O)CC2.[Na+].[Na+].[Na+].[Na+].[Na+].[Na+]. The Kier molecular flexibility index (Phi) is 29.4. The van der Waals surface area contributed by atoms with Crippen LogP contribution in [0.25, 0.3) is 0 Å². The third kappa shape index (κ3) is 18.2.